The summed E-state index contributed by atoms with van der Waals surface area (Å²) in [5.41, 5.74) is 6.76. The molecule has 0 aliphatic rings. The molecule has 0 bridgehead atoms. The Morgan fingerprint density at radius 1 is 1.10 bits per heavy atom. The van der Waals surface area contributed by atoms with Crippen molar-refractivity contribution in [2.75, 3.05) is 5.73 Å². The highest BCUT2D eigenvalue weighted by atomic mass is 79.9. The molecule has 2 N–H and O–H groups in total. The van der Waals surface area contributed by atoms with Crippen molar-refractivity contribution in [2.45, 2.75) is 10.6 Å². The van der Waals surface area contributed by atoms with Gasteiger partial charge in [0.2, 0.25) is 0 Å². The summed E-state index contributed by atoms with van der Waals surface area (Å²) >= 11 is 14.9. The Morgan fingerprint density at radius 3 is 2.40 bits per heavy atom. The van der Waals surface area contributed by atoms with Crippen LogP contribution in [0.25, 0.3) is 0 Å². The lowest BCUT2D eigenvalue weighted by Crippen LogP contribution is -2.07. The molecule has 3 nitrogen and oxygen atoms in total. The van der Waals surface area contributed by atoms with Gasteiger partial charge in [-0.25, -0.2) is 8.42 Å². The lowest BCUT2D eigenvalue weighted by atomic mass is 10.2. The molecule has 0 fully saturated rings. The van der Waals surface area contributed by atoms with Gasteiger partial charge in [0.1, 0.15) is 0 Å². The number of sulfone groups is 1. The molecule has 0 atom stereocenters. The van der Waals surface area contributed by atoms with Crippen molar-refractivity contribution in [3.63, 3.8) is 0 Å². The zero-order valence-corrected chi connectivity index (χ0v) is 14.0. The second-order valence-electron chi connectivity index (χ2n) is 4.14. The van der Waals surface area contributed by atoms with Crippen molar-refractivity contribution in [2.24, 2.45) is 0 Å². The molecule has 0 saturated carbocycles. The first-order valence-electron chi connectivity index (χ1n) is 5.52. The van der Waals surface area contributed by atoms with E-state index in [-0.39, 0.29) is 15.7 Å². The fraction of sp³-hybridized carbons (Fsp3) is 0.0769. The summed E-state index contributed by atoms with van der Waals surface area (Å²) in [5, 5.41) is 0.513. The third-order valence-electron chi connectivity index (χ3n) is 2.74. The second-order valence-corrected chi connectivity index (χ2v) is 7.80. The minimum Gasteiger partial charge on any atom is -0.398 e. The molecular weight excluding hydrogens is 385 g/mol. The van der Waals surface area contributed by atoms with Crippen LogP contribution in [0.2, 0.25) is 10.0 Å². The van der Waals surface area contributed by atoms with Crippen LogP contribution in [0.4, 0.5) is 5.69 Å². The van der Waals surface area contributed by atoms with Gasteiger partial charge in [-0.2, -0.15) is 0 Å². The van der Waals surface area contributed by atoms with Gasteiger partial charge in [-0.15, -0.1) is 0 Å². The maximum Gasteiger partial charge on any atom is 0.182 e. The van der Waals surface area contributed by atoms with Gasteiger partial charge in [0.15, 0.2) is 9.84 Å². The van der Waals surface area contributed by atoms with E-state index in [9.17, 15) is 8.42 Å². The summed E-state index contributed by atoms with van der Waals surface area (Å²) < 4.78 is 25.4. The molecule has 0 saturated heterocycles. The molecule has 2 rings (SSSR count). The van der Waals surface area contributed by atoms with Crippen LogP contribution in [0.1, 0.15) is 5.56 Å². The monoisotopic (exact) mass is 393 g/mol. The summed E-state index contributed by atoms with van der Waals surface area (Å²) in [6, 6.07) is 9.37. The Kier molecular flexibility index (Phi) is 4.64. The zero-order chi connectivity index (χ0) is 14.9. The normalized spacial score (nSPS) is 11.6. The molecule has 20 heavy (non-hydrogen) atoms. The van der Waals surface area contributed by atoms with E-state index in [1.54, 1.807) is 18.2 Å². The van der Waals surface area contributed by atoms with Crippen molar-refractivity contribution in [1.29, 1.82) is 0 Å². The van der Waals surface area contributed by atoms with E-state index in [0.29, 0.717) is 20.7 Å². The summed E-state index contributed by atoms with van der Waals surface area (Å²) in [4.78, 5) is 0.113. The lowest BCUT2D eigenvalue weighted by Gasteiger charge is -2.10. The largest absolute Gasteiger partial charge is 0.398 e. The Hall–Kier alpha value is -0.750. The Bertz CT molecular complexity index is 743. The second kappa shape index (κ2) is 5.93. The molecule has 0 radical (unpaired) electrons. The van der Waals surface area contributed by atoms with E-state index in [1.165, 1.54) is 18.2 Å². The highest BCUT2D eigenvalue weighted by Gasteiger charge is 2.19. The maximum absolute atomic E-state index is 12.4. The smallest absolute Gasteiger partial charge is 0.182 e. The third-order valence-corrected chi connectivity index (χ3v) is 5.86. The molecule has 0 aliphatic carbocycles. The quantitative estimate of drug-likeness (QED) is 0.789. The third kappa shape index (κ3) is 3.28. The van der Waals surface area contributed by atoms with Gasteiger partial charge in [0.25, 0.3) is 0 Å². The minimum absolute atomic E-state index is 0.113. The predicted molar refractivity (Wildman–Crippen MR) is 85.9 cm³/mol. The van der Waals surface area contributed by atoms with Crippen LogP contribution in [-0.2, 0) is 15.6 Å². The Balaban J connectivity index is 2.43. The first-order chi connectivity index (χ1) is 9.31. The van der Waals surface area contributed by atoms with E-state index in [1.807, 2.05) is 0 Å². The number of halogens is 3. The standard InChI is InChI=1S/C13H10BrCl2NO2S/c14-10-2-1-3-13(17)9(10)7-20(18,19)8-4-5-11(15)12(16)6-8/h1-6H,7,17H2. The Labute approximate surface area is 135 Å². The topological polar surface area (TPSA) is 60.2 Å². The Morgan fingerprint density at radius 2 is 1.80 bits per heavy atom. The first kappa shape index (κ1) is 15.6. The number of anilines is 1. The molecule has 2 aromatic rings. The van der Waals surface area contributed by atoms with Crippen LogP contribution in [0, 0.1) is 0 Å². The van der Waals surface area contributed by atoms with Crippen molar-refractivity contribution in [3.05, 3.63) is 56.5 Å². The molecule has 0 aromatic heterocycles. The van der Waals surface area contributed by atoms with Crippen LogP contribution in [0.15, 0.2) is 45.8 Å². The summed E-state index contributed by atoms with van der Waals surface area (Å²) in [6.45, 7) is 0. The van der Waals surface area contributed by atoms with E-state index in [0.717, 1.165) is 0 Å². The highest BCUT2D eigenvalue weighted by Crippen LogP contribution is 2.30. The molecule has 0 aliphatic heterocycles. The van der Waals surface area contributed by atoms with Crippen LogP contribution in [0.5, 0.6) is 0 Å². The van der Waals surface area contributed by atoms with E-state index < -0.39 is 9.84 Å². The molecule has 2 aromatic carbocycles. The van der Waals surface area contributed by atoms with Gasteiger partial charge in [-0.3, -0.25) is 0 Å². The first-order valence-corrected chi connectivity index (χ1v) is 8.72. The molecule has 106 valence electrons. The van der Waals surface area contributed by atoms with Gasteiger partial charge in [0.05, 0.1) is 20.7 Å². The van der Waals surface area contributed by atoms with Crippen molar-refractivity contribution >= 4 is 54.7 Å². The number of nitrogen functional groups attached to an aromatic ring is 1. The predicted octanol–water partition coefficient (Wildman–Crippen LogP) is 4.31. The maximum atomic E-state index is 12.4. The molecule has 0 spiro atoms. The van der Waals surface area contributed by atoms with Crippen LogP contribution in [-0.4, -0.2) is 8.42 Å². The summed E-state index contributed by atoms with van der Waals surface area (Å²) in [7, 11) is -3.55. The number of benzene rings is 2. The number of rotatable bonds is 3. The van der Waals surface area contributed by atoms with Crippen molar-refractivity contribution < 1.29 is 8.42 Å². The van der Waals surface area contributed by atoms with Gasteiger partial charge in [-0.05, 0) is 30.3 Å². The lowest BCUT2D eigenvalue weighted by molar-refractivity contribution is 0.595. The number of hydrogen-bond donors (Lipinski definition) is 1. The molecule has 0 unspecified atom stereocenters. The molecule has 0 heterocycles. The number of nitrogens with two attached hydrogens (primary N) is 1. The fourth-order valence-corrected chi connectivity index (χ4v) is 4.18. The summed E-state index contributed by atoms with van der Waals surface area (Å²) in [6.07, 6.45) is 0. The highest BCUT2D eigenvalue weighted by molar-refractivity contribution is 9.10. The molecule has 7 heteroatoms. The molecular formula is C13H10BrCl2NO2S. The van der Waals surface area contributed by atoms with Crippen molar-refractivity contribution in [1.82, 2.24) is 0 Å². The average molecular weight is 395 g/mol. The van der Waals surface area contributed by atoms with Crippen LogP contribution < -0.4 is 5.73 Å². The van der Waals surface area contributed by atoms with Crippen LogP contribution >= 0.6 is 39.1 Å². The zero-order valence-electron chi connectivity index (χ0n) is 10.1. The average Bonchev–Trinajstić information content (AvgIpc) is 2.37. The minimum atomic E-state index is -3.55. The van der Waals surface area contributed by atoms with E-state index in [4.69, 9.17) is 28.9 Å². The number of hydrogen-bond acceptors (Lipinski definition) is 3. The molecule has 0 amide bonds. The van der Waals surface area contributed by atoms with E-state index >= 15 is 0 Å². The fourth-order valence-electron chi connectivity index (χ4n) is 1.67. The van der Waals surface area contributed by atoms with Gasteiger partial charge >= 0.3 is 0 Å². The van der Waals surface area contributed by atoms with Gasteiger partial charge in [-0.1, -0.05) is 45.2 Å². The van der Waals surface area contributed by atoms with Gasteiger partial charge in [0, 0.05) is 15.7 Å². The van der Waals surface area contributed by atoms with E-state index in [2.05, 4.69) is 15.9 Å². The van der Waals surface area contributed by atoms with Gasteiger partial charge < -0.3 is 5.73 Å². The van der Waals surface area contributed by atoms with Crippen molar-refractivity contribution in [3.8, 4) is 0 Å². The SMILES string of the molecule is Nc1cccc(Br)c1CS(=O)(=O)c1ccc(Cl)c(Cl)c1. The summed E-state index contributed by atoms with van der Waals surface area (Å²) in [5.74, 6) is -0.210. The van der Waals surface area contributed by atoms with Crippen LogP contribution in [0.3, 0.4) is 0 Å².